The number of nitrogens with one attached hydrogen (secondary N) is 1. The molecular weight excluding hydrogens is 274 g/mol. The second-order valence-corrected chi connectivity index (χ2v) is 4.34. The number of benzene rings is 1. The van der Waals surface area contributed by atoms with E-state index >= 15 is 0 Å². The minimum absolute atomic E-state index is 0.00277. The van der Waals surface area contributed by atoms with Crippen molar-refractivity contribution in [1.29, 1.82) is 0 Å². The van der Waals surface area contributed by atoms with Crippen LogP contribution in [0.1, 0.15) is 12.5 Å². The molecule has 0 aromatic heterocycles. The van der Waals surface area contributed by atoms with Gasteiger partial charge in [-0.2, -0.15) is 0 Å². The van der Waals surface area contributed by atoms with Gasteiger partial charge in [0.05, 0.1) is 6.10 Å². The number of carbonyl (C=O) groups excluding carboxylic acids is 2. The molecule has 1 rings (SSSR count). The van der Waals surface area contributed by atoms with Gasteiger partial charge < -0.3 is 19.9 Å². The van der Waals surface area contributed by atoms with Crippen LogP contribution in [-0.2, 0) is 20.9 Å². The number of esters is 1. The fraction of sp³-hybridized carbons (Fsp3) is 0.333. The van der Waals surface area contributed by atoms with Crippen molar-refractivity contribution in [3.05, 3.63) is 48.6 Å². The van der Waals surface area contributed by atoms with Crippen LogP contribution in [0.3, 0.4) is 0 Å². The number of amides is 1. The Balaban J connectivity index is 2.48. The van der Waals surface area contributed by atoms with Gasteiger partial charge in [0.1, 0.15) is 13.2 Å². The van der Waals surface area contributed by atoms with E-state index in [1.54, 1.807) is 12.1 Å². The lowest BCUT2D eigenvalue weighted by molar-refractivity contribution is -0.147. The van der Waals surface area contributed by atoms with Gasteiger partial charge in [-0.15, -0.1) is 0 Å². The first-order chi connectivity index (χ1) is 10.0. The van der Waals surface area contributed by atoms with Gasteiger partial charge in [0.25, 0.3) is 0 Å². The third-order valence-electron chi connectivity index (χ3n) is 2.57. The molecule has 0 heterocycles. The summed E-state index contributed by atoms with van der Waals surface area (Å²) in [5, 5.41) is 11.8. The highest BCUT2D eigenvalue weighted by atomic mass is 16.6. The molecule has 0 fully saturated rings. The summed E-state index contributed by atoms with van der Waals surface area (Å²) in [6.07, 6.45) is -0.517. The van der Waals surface area contributed by atoms with Crippen LogP contribution in [0.25, 0.3) is 0 Å². The second-order valence-electron chi connectivity index (χ2n) is 4.34. The van der Waals surface area contributed by atoms with Crippen LogP contribution >= 0.6 is 0 Å². The van der Waals surface area contributed by atoms with Gasteiger partial charge in [0, 0.05) is 0 Å². The number of aliphatic hydroxyl groups is 1. The summed E-state index contributed by atoms with van der Waals surface area (Å²) in [7, 11) is 0. The Labute approximate surface area is 123 Å². The molecule has 6 nitrogen and oxygen atoms in total. The van der Waals surface area contributed by atoms with Gasteiger partial charge in [-0.1, -0.05) is 43.0 Å². The summed E-state index contributed by atoms with van der Waals surface area (Å²) in [6.45, 7) is 4.85. The average molecular weight is 293 g/mol. The summed E-state index contributed by atoms with van der Waals surface area (Å²) < 4.78 is 9.77. The highest BCUT2D eigenvalue weighted by molar-refractivity contribution is 5.82. The van der Waals surface area contributed by atoms with E-state index in [-0.39, 0.29) is 13.2 Å². The fourth-order valence-electron chi connectivity index (χ4n) is 1.50. The van der Waals surface area contributed by atoms with Crippen molar-refractivity contribution in [3.8, 4) is 0 Å². The Morgan fingerprint density at radius 1 is 1.33 bits per heavy atom. The van der Waals surface area contributed by atoms with Crippen molar-refractivity contribution >= 4 is 12.1 Å². The van der Waals surface area contributed by atoms with E-state index in [0.717, 1.165) is 5.56 Å². The average Bonchev–Trinajstić information content (AvgIpc) is 2.49. The first-order valence-electron chi connectivity index (χ1n) is 6.47. The molecule has 0 aliphatic carbocycles. The monoisotopic (exact) mass is 293 g/mol. The minimum Gasteiger partial charge on any atom is -0.460 e. The maximum atomic E-state index is 11.7. The molecule has 1 amide bonds. The molecule has 0 spiro atoms. The summed E-state index contributed by atoms with van der Waals surface area (Å²) >= 11 is 0. The quantitative estimate of drug-likeness (QED) is 0.586. The second kappa shape index (κ2) is 8.76. The van der Waals surface area contributed by atoms with Crippen LogP contribution < -0.4 is 5.32 Å². The number of hydrogen-bond donors (Lipinski definition) is 2. The van der Waals surface area contributed by atoms with E-state index in [4.69, 9.17) is 9.47 Å². The number of carbonyl (C=O) groups is 2. The Bertz CT molecular complexity index is 472. The molecule has 6 heteroatoms. The van der Waals surface area contributed by atoms with Crippen molar-refractivity contribution < 1.29 is 24.2 Å². The van der Waals surface area contributed by atoms with Crippen molar-refractivity contribution in [2.24, 2.45) is 0 Å². The number of hydrogen-bond acceptors (Lipinski definition) is 5. The SMILES string of the molecule is C=CCOC(=O)[C@@H](NC(=O)OCc1ccccc1)[C@@H](C)O. The molecule has 0 aliphatic heterocycles. The lowest BCUT2D eigenvalue weighted by Crippen LogP contribution is -2.48. The molecule has 0 radical (unpaired) electrons. The number of ether oxygens (including phenoxy) is 2. The molecule has 114 valence electrons. The van der Waals surface area contributed by atoms with Crippen LogP contribution in [0.5, 0.6) is 0 Å². The zero-order valence-electron chi connectivity index (χ0n) is 11.8. The van der Waals surface area contributed by atoms with Gasteiger partial charge in [-0.25, -0.2) is 9.59 Å². The van der Waals surface area contributed by atoms with Crippen molar-refractivity contribution in [2.75, 3.05) is 6.61 Å². The third kappa shape index (κ3) is 6.09. The standard InChI is InChI=1S/C15H19NO5/c1-3-9-20-14(18)13(11(2)17)16-15(19)21-10-12-7-5-4-6-8-12/h3-8,11,13,17H,1,9-10H2,2H3,(H,16,19)/t11-,13+/m1/s1. The lowest BCUT2D eigenvalue weighted by atomic mass is 10.2. The van der Waals surface area contributed by atoms with E-state index < -0.39 is 24.2 Å². The van der Waals surface area contributed by atoms with Gasteiger partial charge in [-0.05, 0) is 12.5 Å². The molecule has 2 N–H and O–H groups in total. The maximum absolute atomic E-state index is 11.7. The molecule has 21 heavy (non-hydrogen) atoms. The maximum Gasteiger partial charge on any atom is 0.408 e. The van der Waals surface area contributed by atoms with Crippen LogP contribution in [0, 0.1) is 0 Å². The highest BCUT2D eigenvalue weighted by Crippen LogP contribution is 2.02. The molecule has 1 aromatic carbocycles. The molecule has 0 saturated heterocycles. The Hall–Kier alpha value is -2.34. The molecule has 0 saturated carbocycles. The molecular formula is C15H19NO5. The topological polar surface area (TPSA) is 84.9 Å². The highest BCUT2D eigenvalue weighted by Gasteiger charge is 2.27. The summed E-state index contributed by atoms with van der Waals surface area (Å²) in [5.41, 5.74) is 0.815. The summed E-state index contributed by atoms with van der Waals surface area (Å²) in [6, 6.07) is 7.91. The van der Waals surface area contributed by atoms with E-state index in [1.807, 2.05) is 18.2 Å². The molecule has 0 unspecified atom stereocenters. The Morgan fingerprint density at radius 3 is 2.57 bits per heavy atom. The summed E-state index contributed by atoms with van der Waals surface area (Å²) in [4.78, 5) is 23.3. The third-order valence-corrected chi connectivity index (χ3v) is 2.57. The predicted molar refractivity (Wildman–Crippen MR) is 76.4 cm³/mol. The molecule has 1 aromatic rings. The van der Waals surface area contributed by atoms with Gasteiger partial charge in [-0.3, -0.25) is 0 Å². The van der Waals surface area contributed by atoms with E-state index in [2.05, 4.69) is 11.9 Å². The van der Waals surface area contributed by atoms with Crippen molar-refractivity contribution in [3.63, 3.8) is 0 Å². The summed E-state index contributed by atoms with van der Waals surface area (Å²) in [5.74, 6) is -0.749. The van der Waals surface area contributed by atoms with Crippen LogP contribution in [0.2, 0.25) is 0 Å². The zero-order chi connectivity index (χ0) is 15.7. The normalized spacial score (nSPS) is 12.9. The van der Waals surface area contributed by atoms with Gasteiger partial charge >= 0.3 is 12.1 Å². The molecule has 2 atom stereocenters. The van der Waals surface area contributed by atoms with Crippen molar-refractivity contribution in [2.45, 2.75) is 25.7 Å². The first-order valence-corrected chi connectivity index (χ1v) is 6.47. The smallest absolute Gasteiger partial charge is 0.408 e. The van der Waals surface area contributed by atoms with E-state index in [0.29, 0.717) is 0 Å². The van der Waals surface area contributed by atoms with Gasteiger partial charge in [0.15, 0.2) is 6.04 Å². The number of alkyl carbamates (subject to hydrolysis) is 1. The Kier molecular flexibility index (Phi) is 6.97. The van der Waals surface area contributed by atoms with E-state index in [1.165, 1.54) is 13.0 Å². The first kappa shape index (κ1) is 16.7. The number of rotatable bonds is 7. The van der Waals surface area contributed by atoms with Crippen LogP contribution in [-0.4, -0.2) is 35.9 Å². The van der Waals surface area contributed by atoms with Crippen molar-refractivity contribution in [1.82, 2.24) is 5.32 Å². The van der Waals surface area contributed by atoms with Gasteiger partial charge in [0.2, 0.25) is 0 Å². The zero-order valence-corrected chi connectivity index (χ0v) is 11.8. The Morgan fingerprint density at radius 2 is 2.00 bits per heavy atom. The molecule has 0 aliphatic rings. The van der Waals surface area contributed by atoms with E-state index in [9.17, 15) is 14.7 Å². The largest absolute Gasteiger partial charge is 0.460 e. The fourth-order valence-corrected chi connectivity index (χ4v) is 1.50. The number of aliphatic hydroxyl groups excluding tert-OH is 1. The van der Waals surface area contributed by atoms with Crippen LogP contribution in [0.15, 0.2) is 43.0 Å². The lowest BCUT2D eigenvalue weighted by Gasteiger charge is -2.19. The predicted octanol–water partition coefficient (Wildman–Crippen LogP) is 1.39. The minimum atomic E-state index is -1.19. The molecule has 0 bridgehead atoms. The van der Waals surface area contributed by atoms with Crippen LogP contribution in [0.4, 0.5) is 4.79 Å².